The second kappa shape index (κ2) is 6.31. The number of nitrogens with zero attached hydrogens (tertiary/aromatic N) is 3. The molecular weight excluding hydrogens is 341 g/mol. The maximum absolute atomic E-state index is 12.4. The van der Waals surface area contributed by atoms with Gasteiger partial charge in [0.2, 0.25) is 10.1 Å². The normalized spacial score (nSPS) is 12.1. The zero-order chi connectivity index (χ0) is 17.3. The third kappa shape index (κ3) is 3.78. The van der Waals surface area contributed by atoms with Gasteiger partial charge in [-0.2, -0.15) is 0 Å². The SMILES string of the molecule is CC(C)CNc1nn2c(-c3cccc(OC(F)(F)F)c3)cnc2s1. The van der Waals surface area contributed by atoms with E-state index in [1.807, 2.05) is 0 Å². The molecule has 3 aromatic rings. The number of fused-ring (bicyclic) bond motifs is 1. The summed E-state index contributed by atoms with van der Waals surface area (Å²) < 4.78 is 42.7. The molecule has 0 saturated carbocycles. The Bertz CT molecular complexity index is 841. The topological polar surface area (TPSA) is 51.5 Å². The van der Waals surface area contributed by atoms with Crippen molar-refractivity contribution in [3.8, 4) is 17.0 Å². The molecule has 0 bridgehead atoms. The van der Waals surface area contributed by atoms with Crippen LogP contribution >= 0.6 is 11.3 Å². The van der Waals surface area contributed by atoms with E-state index in [0.29, 0.717) is 22.1 Å². The number of ether oxygens (including phenoxy) is 1. The van der Waals surface area contributed by atoms with E-state index in [-0.39, 0.29) is 5.75 Å². The fourth-order valence-electron chi connectivity index (χ4n) is 2.10. The van der Waals surface area contributed by atoms with E-state index in [0.717, 1.165) is 11.7 Å². The summed E-state index contributed by atoms with van der Waals surface area (Å²) in [6, 6.07) is 5.76. The summed E-state index contributed by atoms with van der Waals surface area (Å²) >= 11 is 1.39. The fourth-order valence-corrected chi connectivity index (χ4v) is 2.89. The lowest BCUT2D eigenvalue weighted by Crippen LogP contribution is -2.17. The number of rotatable bonds is 5. The smallest absolute Gasteiger partial charge is 0.406 e. The van der Waals surface area contributed by atoms with Gasteiger partial charge in [-0.05, 0) is 18.1 Å². The summed E-state index contributed by atoms with van der Waals surface area (Å²) in [5.41, 5.74) is 1.15. The predicted molar refractivity (Wildman–Crippen MR) is 86.3 cm³/mol. The number of nitrogens with one attached hydrogen (secondary N) is 1. The minimum absolute atomic E-state index is 0.275. The highest BCUT2D eigenvalue weighted by molar-refractivity contribution is 7.20. The first-order chi connectivity index (χ1) is 11.3. The molecule has 24 heavy (non-hydrogen) atoms. The third-order valence-corrected chi connectivity index (χ3v) is 3.99. The van der Waals surface area contributed by atoms with Gasteiger partial charge >= 0.3 is 6.36 Å². The van der Waals surface area contributed by atoms with E-state index in [2.05, 4.69) is 34.0 Å². The van der Waals surface area contributed by atoms with E-state index in [9.17, 15) is 13.2 Å². The monoisotopic (exact) mass is 356 g/mol. The van der Waals surface area contributed by atoms with Crippen molar-refractivity contribution in [1.29, 1.82) is 0 Å². The first-order valence-corrected chi connectivity index (χ1v) is 8.08. The quantitative estimate of drug-likeness (QED) is 0.735. The van der Waals surface area contributed by atoms with Gasteiger partial charge in [-0.1, -0.05) is 37.3 Å². The summed E-state index contributed by atoms with van der Waals surface area (Å²) in [4.78, 5) is 4.93. The number of imidazole rings is 1. The Hall–Kier alpha value is -2.29. The van der Waals surface area contributed by atoms with Crippen LogP contribution in [0.15, 0.2) is 30.5 Å². The van der Waals surface area contributed by atoms with Crippen molar-refractivity contribution in [3.05, 3.63) is 30.5 Å². The van der Waals surface area contributed by atoms with Crippen molar-refractivity contribution in [2.45, 2.75) is 20.2 Å². The lowest BCUT2D eigenvalue weighted by Gasteiger charge is -2.09. The van der Waals surface area contributed by atoms with Gasteiger partial charge in [-0.3, -0.25) is 0 Å². The Morgan fingerprint density at radius 3 is 2.83 bits per heavy atom. The summed E-state index contributed by atoms with van der Waals surface area (Å²) in [6.07, 6.45) is -3.14. The maximum Gasteiger partial charge on any atom is 0.573 e. The van der Waals surface area contributed by atoms with E-state index in [1.54, 1.807) is 16.8 Å². The molecule has 0 radical (unpaired) electrons. The van der Waals surface area contributed by atoms with Crippen LogP contribution in [-0.4, -0.2) is 27.5 Å². The van der Waals surface area contributed by atoms with Gasteiger partial charge in [0, 0.05) is 12.1 Å². The summed E-state index contributed by atoms with van der Waals surface area (Å²) in [5.74, 6) is 0.195. The average molecular weight is 356 g/mol. The highest BCUT2D eigenvalue weighted by atomic mass is 32.1. The molecule has 0 fully saturated rings. The highest BCUT2D eigenvalue weighted by Gasteiger charge is 2.31. The maximum atomic E-state index is 12.4. The van der Waals surface area contributed by atoms with Crippen LogP contribution in [0.25, 0.3) is 16.2 Å². The van der Waals surface area contributed by atoms with Crippen LogP contribution in [-0.2, 0) is 0 Å². The van der Waals surface area contributed by atoms with E-state index in [1.165, 1.54) is 29.5 Å². The number of aromatic nitrogens is 3. The molecule has 2 heterocycles. The van der Waals surface area contributed by atoms with Crippen LogP contribution in [0.5, 0.6) is 5.75 Å². The molecule has 0 unspecified atom stereocenters. The van der Waals surface area contributed by atoms with Gasteiger partial charge in [-0.25, -0.2) is 9.50 Å². The van der Waals surface area contributed by atoms with Crippen molar-refractivity contribution in [3.63, 3.8) is 0 Å². The van der Waals surface area contributed by atoms with Gasteiger partial charge in [0.05, 0.1) is 11.9 Å². The van der Waals surface area contributed by atoms with Crippen LogP contribution in [0.4, 0.5) is 18.3 Å². The molecule has 0 saturated heterocycles. The molecule has 0 atom stereocenters. The highest BCUT2D eigenvalue weighted by Crippen LogP contribution is 2.30. The molecule has 0 aliphatic carbocycles. The predicted octanol–water partition coefficient (Wildman–Crippen LogP) is 4.42. The zero-order valence-corrected chi connectivity index (χ0v) is 13.8. The summed E-state index contributed by atoms with van der Waals surface area (Å²) in [7, 11) is 0. The molecule has 1 aromatic carbocycles. The van der Waals surface area contributed by atoms with Crippen molar-refractivity contribution < 1.29 is 17.9 Å². The molecule has 3 rings (SSSR count). The number of alkyl halides is 3. The molecule has 0 aliphatic heterocycles. The van der Waals surface area contributed by atoms with Crippen LogP contribution in [0, 0.1) is 5.92 Å². The Labute approximate surface area is 140 Å². The molecule has 2 aromatic heterocycles. The van der Waals surface area contributed by atoms with Gasteiger partial charge in [0.15, 0.2) is 0 Å². The van der Waals surface area contributed by atoms with Gasteiger partial charge in [-0.15, -0.1) is 18.3 Å². The minimum atomic E-state index is -4.72. The Morgan fingerprint density at radius 1 is 1.33 bits per heavy atom. The van der Waals surface area contributed by atoms with Crippen LogP contribution < -0.4 is 10.1 Å². The number of halogens is 3. The Balaban J connectivity index is 1.90. The molecule has 128 valence electrons. The van der Waals surface area contributed by atoms with Crippen molar-refractivity contribution in [1.82, 2.24) is 14.6 Å². The van der Waals surface area contributed by atoms with Crippen LogP contribution in [0.1, 0.15) is 13.8 Å². The van der Waals surface area contributed by atoms with Gasteiger partial charge in [0.1, 0.15) is 5.75 Å². The molecular formula is C15H15F3N4OS. The first kappa shape index (κ1) is 16.6. The molecule has 1 N–H and O–H groups in total. The number of hydrogen-bond acceptors (Lipinski definition) is 5. The fraction of sp³-hybridized carbons (Fsp3) is 0.333. The largest absolute Gasteiger partial charge is 0.573 e. The van der Waals surface area contributed by atoms with Crippen molar-refractivity contribution >= 4 is 21.4 Å². The number of anilines is 1. The van der Waals surface area contributed by atoms with Gasteiger partial charge < -0.3 is 10.1 Å². The molecule has 0 aliphatic rings. The number of hydrogen-bond donors (Lipinski definition) is 1. The summed E-state index contributed by atoms with van der Waals surface area (Å²) in [6.45, 7) is 4.95. The van der Waals surface area contributed by atoms with E-state index >= 15 is 0 Å². The van der Waals surface area contributed by atoms with Crippen molar-refractivity contribution in [2.24, 2.45) is 5.92 Å². The van der Waals surface area contributed by atoms with Crippen molar-refractivity contribution in [2.75, 3.05) is 11.9 Å². The first-order valence-electron chi connectivity index (χ1n) is 7.26. The van der Waals surface area contributed by atoms with E-state index < -0.39 is 6.36 Å². The second-order valence-electron chi connectivity index (χ2n) is 5.60. The molecule has 0 amide bonds. The zero-order valence-electron chi connectivity index (χ0n) is 13.0. The lowest BCUT2D eigenvalue weighted by molar-refractivity contribution is -0.274. The Kier molecular flexibility index (Phi) is 4.35. The molecule has 5 nitrogen and oxygen atoms in total. The molecule has 0 spiro atoms. The third-order valence-electron chi connectivity index (χ3n) is 3.11. The average Bonchev–Trinajstić information content (AvgIpc) is 3.03. The standard InChI is InChI=1S/C15H15F3N4OS/c1-9(2)7-19-13-21-22-12(8-20-14(22)24-13)10-4-3-5-11(6-10)23-15(16,17)18/h3-6,8-9H,7H2,1-2H3,(H,19,21). The summed E-state index contributed by atoms with van der Waals surface area (Å²) in [5, 5.41) is 8.36. The van der Waals surface area contributed by atoms with Crippen LogP contribution in [0.2, 0.25) is 0 Å². The number of benzene rings is 1. The van der Waals surface area contributed by atoms with Gasteiger partial charge in [0.25, 0.3) is 0 Å². The second-order valence-corrected chi connectivity index (χ2v) is 6.55. The lowest BCUT2D eigenvalue weighted by atomic mass is 10.1. The minimum Gasteiger partial charge on any atom is -0.406 e. The van der Waals surface area contributed by atoms with E-state index in [4.69, 9.17) is 0 Å². The molecule has 9 heteroatoms. The Morgan fingerprint density at radius 2 is 2.12 bits per heavy atom. The van der Waals surface area contributed by atoms with Crippen LogP contribution in [0.3, 0.4) is 0 Å².